The highest BCUT2D eigenvalue weighted by Gasteiger charge is 2.04. The molecule has 1 heterocycles. The standard InChI is InChI=1S/C9H12IN3O/c1-6-3-7(10)4-12-9(6)13-8(14)5-11-2/h3-4,11H,5H2,1-2H3,(H,12,13,14). The summed E-state index contributed by atoms with van der Waals surface area (Å²) in [5, 5.41) is 5.50. The Morgan fingerprint density at radius 2 is 2.36 bits per heavy atom. The molecule has 0 saturated carbocycles. The summed E-state index contributed by atoms with van der Waals surface area (Å²) in [7, 11) is 1.73. The van der Waals surface area contributed by atoms with Crippen LogP contribution < -0.4 is 10.6 Å². The van der Waals surface area contributed by atoms with Gasteiger partial charge in [-0.2, -0.15) is 0 Å². The minimum atomic E-state index is -0.0793. The third kappa shape index (κ3) is 3.22. The Bertz CT molecular complexity index is 341. The minimum absolute atomic E-state index is 0.0793. The van der Waals surface area contributed by atoms with E-state index in [1.54, 1.807) is 13.2 Å². The van der Waals surface area contributed by atoms with Crippen LogP contribution in [-0.2, 0) is 4.79 Å². The van der Waals surface area contributed by atoms with Crippen molar-refractivity contribution in [2.75, 3.05) is 18.9 Å². The number of likely N-dealkylation sites (N-methyl/N-ethyl adjacent to an activating group) is 1. The molecule has 0 spiro atoms. The van der Waals surface area contributed by atoms with Crippen LogP contribution in [0.3, 0.4) is 0 Å². The second-order valence-corrected chi connectivity index (χ2v) is 4.14. The molecule has 14 heavy (non-hydrogen) atoms. The Labute approximate surface area is 96.6 Å². The van der Waals surface area contributed by atoms with Crippen molar-refractivity contribution in [2.24, 2.45) is 0 Å². The number of hydrogen-bond acceptors (Lipinski definition) is 3. The predicted molar refractivity (Wildman–Crippen MR) is 64.2 cm³/mol. The molecule has 0 fully saturated rings. The van der Waals surface area contributed by atoms with Gasteiger partial charge in [-0.1, -0.05) is 0 Å². The van der Waals surface area contributed by atoms with Crippen molar-refractivity contribution < 1.29 is 4.79 Å². The first kappa shape index (κ1) is 11.4. The molecule has 2 N–H and O–H groups in total. The van der Waals surface area contributed by atoms with E-state index in [2.05, 4.69) is 38.2 Å². The zero-order valence-electron chi connectivity index (χ0n) is 8.10. The molecule has 0 unspecified atom stereocenters. The Hall–Kier alpha value is -0.690. The van der Waals surface area contributed by atoms with Gasteiger partial charge in [0.05, 0.1) is 6.54 Å². The third-order valence-corrected chi connectivity index (χ3v) is 2.23. The van der Waals surface area contributed by atoms with Gasteiger partial charge in [-0.3, -0.25) is 4.79 Å². The van der Waals surface area contributed by atoms with E-state index in [0.717, 1.165) is 9.13 Å². The number of halogens is 1. The molecule has 0 atom stereocenters. The van der Waals surface area contributed by atoms with E-state index in [1.165, 1.54) is 0 Å². The highest BCUT2D eigenvalue weighted by atomic mass is 127. The molecule has 0 bridgehead atoms. The van der Waals surface area contributed by atoms with Crippen molar-refractivity contribution in [3.05, 3.63) is 21.4 Å². The Balaban J connectivity index is 2.72. The normalized spacial score (nSPS) is 9.93. The second kappa shape index (κ2) is 5.26. The first-order valence-electron chi connectivity index (χ1n) is 4.20. The number of carbonyl (C=O) groups is 1. The number of aromatic nitrogens is 1. The number of anilines is 1. The van der Waals surface area contributed by atoms with E-state index in [0.29, 0.717) is 12.4 Å². The molecule has 0 aliphatic rings. The summed E-state index contributed by atoms with van der Waals surface area (Å²) in [4.78, 5) is 15.4. The summed E-state index contributed by atoms with van der Waals surface area (Å²) in [5.41, 5.74) is 0.973. The largest absolute Gasteiger partial charge is 0.311 e. The molecule has 0 aromatic carbocycles. The second-order valence-electron chi connectivity index (χ2n) is 2.90. The van der Waals surface area contributed by atoms with Gasteiger partial charge in [-0.15, -0.1) is 0 Å². The Kier molecular flexibility index (Phi) is 4.27. The summed E-state index contributed by atoms with van der Waals surface area (Å²) in [6, 6.07) is 1.97. The van der Waals surface area contributed by atoms with Crippen molar-refractivity contribution in [2.45, 2.75) is 6.92 Å². The van der Waals surface area contributed by atoms with Crippen molar-refractivity contribution in [3.63, 3.8) is 0 Å². The molecule has 1 aromatic rings. The van der Waals surface area contributed by atoms with Gasteiger partial charge in [0.1, 0.15) is 5.82 Å². The lowest BCUT2D eigenvalue weighted by Crippen LogP contribution is -2.25. The number of pyridine rings is 1. The van der Waals surface area contributed by atoms with Gasteiger partial charge in [-0.05, 0) is 48.2 Å². The molecule has 4 nitrogen and oxygen atoms in total. The summed E-state index contributed by atoms with van der Waals surface area (Å²) in [6.45, 7) is 2.22. The lowest BCUT2D eigenvalue weighted by molar-refractivity contribution is -0.115. The number of carbonyl (C=O) groups excluding carboxylic acids is 1. The third-order valence-electron chi connectivity index (χ3n) is 1.64. The SMILES string of the molecule is CNCC(=O)Nc1ncc(I)cc1C. The maximum atomic E-state index is 11.2. The topological polar surface area (TPSA) is 54.0 Å². The number of hydrogen-bond donors (Lipinski definition) is 2. The zero-order valence-corrected chi connectivity index (χ0v) is 10.3. The smallest absolute Gasteiger partial charge is 0.239 e. The van der Waals surface area contributed by atoms with Crippen molar-refractivity contribution in [3.8, 4) is 0 Å². The molecule has 1 rings (SSSR count). The summed E-state index contributed by atoms with van der Waals surface area (Å²) in [5.74, 6) is 0.551. The number of nitrogens with one attached hydrogen (secondary N) is 2. The van der Waals surface area contributed by atoms with E-state index in [9.17, 15) is 4.79 Å². The molecular weight excluding hydrogens is 293 g/mol. The lowest BCUT2D eigenvalue weighted by Gasteiger charge is -2.06. The number of nitrogens with zero attached hydrogens (tertiary/aromatic N) is 1. The molecule has 1 amide bonds. The fraction of sp³-hybridized carbons (Fsp3) is 0.333. The van der Waals surface area contributed by atoms with Crippen molar-refractivity contribution in [1.82, 2.24) is 10.3 Å². The fourth-order valence-electron chi connectivity index (χ4n) is 1.01. The van der Waals surface area contributed by atoms with Gasteiger partial charge < -0.3 is 10.6 Å². The fourth-order valence-corrected chi connectivity index (χ4v) is 1.61. The number of rotatable bonds is 3. The van der Waals surface area contributed by atoms with Gasteiger partial charge in [-0.25, -0.2) is 4.98 Å². The van der Waals surface area contributed by atoms with Gasteiger partial charge in [0.15, 0.2) is 0 Å². The van der Waals surface area contributed by atoms with Gasteiger partial charge in [0.2, 0.25) is 5.91 Å². The summed E-state index contributed by atoms with van der Waals surface area (Å²) < 4.78 is 1.06. The van der Waals surface area contributed by atoms with Gasteiger partial charge in [0, 0.05) is 9.77 Å². The minimum Gasteiger partial charge on any atom is -0.311 e. The van der Waals surface area contributed by atoms with Gasteiger partial charge >= 0.3 is 0 Å². The molecule has 1 aromatic heterocycles. The molecule has 0 radical (unpaired) electrons. The Morgan fingerprint density at radius 3 is 2.93 bits per heavy atom. The van der Waals surface area contributed by atoms with Crippen LogP contribution in [0.2, 0.25) is 0 Å². The van der Waals surface area contributed by atoms with Crippen LogP contribution in [0.15, 0.2) is 12.3 Å². The van der Waals surface area contributed by atoms with Crippen LogP contribution in [0, 0.1) is 10.5 Å². The molecular formula is C9H12IN3O. The van der Waals surface area contributed by atoms with E-state index < -0.39 is 0 Å². The summed E-state index contributed by atoms with van der Waals surface area (Å²) in [6.07, 6.45) is 1.72. The van der Waals surface area contributed by atoms with Gasteiger partial charge in [0.25, 0.3) is 0 Å². The Morgan fingerprint density at radius 1 is 1.64 bits per heavy atom. The first-order valence-corrected chi connectivity index (χ1v) is 5.28. The summed E-state index contributed by atoms with van der Waals surface area (Å²) >= 11 is 2.18. The number of aryl methyl sites for hydroxylation is 1. The van der Waals surface area contributed by atoms with Crippen LogP contribution in [0.5, 0.6) is 0 Å². The van der Waals surface area contributed by atoms with Crippen molar-refractivity contribution >= 4 is 34.3 Å². The van der Waals surface area contributed by atoms with E-state index >= 15 is 0 Å². The van der Waals surface area contributed by atoms with Crippen LogP contribution in [0.1, 0.15) is 5.56 Å². The molecule has 76 valence electrons. The van der Waals surface area contributed by atoms with Crippen LogP contribution in [0.4, 0.5) is 5.82 Å². The van der Waals surface area contributed by atoms with E-state index in [4.69, 9.17) is 0 Å². The zero-order chi connectivity index (χ0) is 10.6. The lowest BCUT2D eigenvalue weighted by atomic mass is 10.3. The maximum Gasteiger partial charge on any atom is 0.239 e. The number of amides is 1. The average molecular weight is 305 g/mol. The van der Waals surface area contributed by atoms with Crippen LogP contribution in [0.25, 0.3) is 0 Å². The van der Waals surface area contributed by atoms with E-state index in [1.807, 2.05) is 13.0 Å². The average Bonchev–Trinajstić information content (AvgIpc) is 2.10. The maximum absolute atomic E-state index is 11.2. The van der Waals surface area contributed by atoms with Crippen LogP contribution >= 0.6 is 22.6 Å². The monoisotopic (exact) mass is 305 g/mol. The highest BCUT2D eigenvalue weighted by Crippen LogP contribution is 2.13. The highest BCUT2D eigenvalue weighted by molar-refractivity contribution is 14.1. The first-order chi connectivity index (χ1) is 6.63. The quantitative estimate of drug-likeness (QED) is 0.824. The predicted octanol–water partition coefficient (Wildman–Crippen LogP) is 1.15. The molecule has 0 aliphatic heterocycles. The molecule has 0 saturated heterocycles. The molecule has 0 aliphatic carbocycles. The molecule has 5 heteroatoms. The van der Waals surface area contributed by atoms with Crippen molar-refractivity contribution in [1.29, 1.82) is 0 Å². The van der Waals surface area contributed by atoms with E-state index in [-0.39, 0.29) is 5.91 Å². The van der Waals surface area contributed by atoms with Crippen LogP contribution in [-0.4, -0.2) is 24.5 Å².